The number of fused-ring (bicyclic) bond motifs is 2. The van der Waals surface area contributed by atoms with E-state index in [4.69, 9.17) is 38.8 Å². The van der Waals surface area contributed by atoms with Gasteiger partial charge < -0.3 is 39.9 Å². The number of amides is 2. The Hall–Kier alpha value is -5.24. The van der Waals surface area contributed by atoms with Gasteiger partial charge in [0, 0.05) is 72.1 Å². The number of carbonyl (C=O) groups excluding carboxylic acids is 2. The molecule has 0 radical (unpaired) electrons. The third-order valence-corrected chi connectivity index (χ3v) is 11.8. The van der Waals surface area contributed by atoms with Crippen molar-refractivity contribution in [1.82, 2.24) is 10.6 Å². The van der Waals surface area contributed by atoms with E-state index >= 15 is 0 Å². The largest absolute Gasteiger partial charge is 0.744 e. The van der Waals surface area contributed by atoms with Crippen molar-refractivity contribution in [1.29, 1.82) is 5.41 Å². The first-order chi connectivity index (χ1) is 28.5. The highest BCUT2D eigenvalue weighted by Crippen LogP contribution is 2.45. The lowest BCUT2D eigenvalue weighted by Gasteiger charge is -2.23. The Balaban J connectivity index is 1.21. The second-order valence-corrected chi connectivity index (χ2v) is 17.1. The van der Waals surface area contributed by atoms with Gasteiger partial charge in [-0.1, -0.05) is 18.2 Å². The van der Waals surface area contributed by atoms with Crippen LogP contribution in [0.25, 0.3) is 33.4 Å². The van der Waals surface area contributed by atoms with Crippen molar-refractivity contribution in [3.63, 3.8) is 0 Å². The number of carboxylic acid groups (broad SMARTS) is 1. The maximum atomic E-state index is 13.1. The van der Waals surface area contributed by atoms with Crippen LogP contribution in [0.3, 0.4) is 0 Å². The van der Waals surface area contributed by atoms with E-state index < -0.39 is 69.9 Å². The summed E-state index contributed by atoms with van der Waals surface area (Å²) in [6.45, 7) is 2.09. The van der Waals surface area contributed by atoms with Gasteiger partial charge in [-0.25, -0.2) is 21.6 Å². The Morgan fingerprint density at radius 1 is 0.800 bits per heavy atom. The summed E-state index contributed by atoms with van der Waals surface area (Å²) in [5.41, 5.74) is 5.54. The molecule has 1 aliphatic heterocycles. The number of nitrogens with zero attached hydrogens (tertiary/aromatic N) is 1. The first-order valence-electron chi connectivity index (χ1n) is 18.6. The quantitative estimate of drug-likeness (QED) is 0.0224. The van der Waals surface area contributed by atoms with Crippen LogP contribution in [0.4, 0.5) is 11.4 Å². The molecule has 0 fully saturated rings. The van der Waals surface area contributed by atoms with Gasteiger partial charge in [-0.3, -0.25) is 15.0 Å². The van der Waals surface area contributed by atoms with Gasteiger partial charge in [0.15, 0.2) is 11.3 Å². The summed E-state index contributed by atoms with van der Waals surface area (Å²) in [5, 5.41) is 23.0. The summed E-state index contributed by atoms with van der Waals surface area (Å²) < 4.78 is 79.5. The van der Waals surface area contributed by atoms with Gasteiger partial charge in [0.25, 0.3) is 5.91 Å². The highest BCUT2D eigenvalue weighted by molar-refractivity contribution is 7.86. The molecule has 3 aromatic rings. The van der Waals surface area contributed by atoms with Crippen LogP contribution in [-0.2, 0) is 31.5 Å². The third kappa shape index (κ3) is 10.9. The fraction of sp³-hybridized carbons (Fsp3) is 0.300. The average Bonchev–Trinajstić information content (AvgIpc) is 3.18. The molecule has 0 aromatic heterocycles. The molecule has 1 aliphatic carbocycles. The second kappa shape index (κ2) is 19.9. The normalized spacial score (nSPS) is 11.8. The summed E-state index contributed by atoms with van der Waals surface area (Å²) in [4.78, 5) is 38.0. The molecule has 0 atom stereocenters. The van der Waals surface area contributed by atoms with Crippen molar-refractivity contribution in [2.24, 2.45) is 0 Å². The number of unbranched alkanes of at least 4 members (excludes halogenated alkanes) is 2. The number of nitrogens with two attached hydrogens (primary N) is 1. The Kier molecular flexibility index (Phi) is 15.2. The van der Waals surface area contributed by atoms with Crippen LogP contribution in [0.5, 0.6) is 0 Å². The number of nitrogen functional groups attached to an aromatic ring is 1. The molecule has 5 rings (SSSR count). The molecule has 60 heavy (non-hydrogen) atoms. The minimum atomic E-state index is -5.45. The van der Waals surface area contributed by atoms with E-state index in [1.165, 1.54) is 24.3 Å². The van der Waals surface area contributed by atoms with E-state index in [1.807, 2.05) is 24.3 Å². The van der Waals surface area contributed by atoms with Gasteiger partial charge in [0.2, 0.25) is 5.91 Å². The molecule has 16 nitrogen and oxygen atoms in total. The molecule has 1 heterocycles. The minimum absolute atomic E-state index is 0.0588. The van der Waals surface area contributed by atoms with Gasteiger partial charge >= 0.3 is 5.97 Å². The van der Waals surface area contributed by atoms with E-state index in [1.54, 1.807) is 0 Å². The van der Waals surface area contributed by atoms with Crippen molar-refractivity contribution < 1.29 is 49.8 Å². The maximum absolute atomic E-state index is 13.1. The fourth-order valence-corrected chi connectivity index (χ4v) is 8.67. The number of hydrogen-bond donors (Lipinski definition) is 5. The first kappa shape index (κ1) is 45.8. The number of carbonyl (C=O) groups is 3. The van der Waals surface area contributed by atoms with Gasteiger partial charge in [-0.15, -0.1) is 23.2 Å². The first-order valence-corrected chi connectivity index (χ1v) is 22.5. The summed E-state index contributed by atoms with van der Waals surface area (Å²) in [7, 11) is -10.9. The summed E-state index contributed by atoms with van der Waals surface area (Å²) in [5.74, 6) is -2.01. The molecule has 2 aliphatic rings. The number of hydrogen-bond acceptors (Lipinski definition) is 13. The Bertz CT molecular complexity index is 2650. The van der Waals surface area contributed by atoms with Crippen LogP contribution >= 0.6 is 23.2 Å². The number of carboxylic acids is 1. The van der Waals surface area contributed by atoms with Crippen molar-refractivity contribution in [3.05, 3.63) is 88.8 Å². The van der Waals surface area contributed by atoms with Crippen LogP contribution in [0.2, 0.25) is 0 Å². The standard InChI is InChI=1S/C40H43Cl2N5O11S2/c41-17-21-47(22-18-42)26-10-7-24(8-11-26)5-4-6-33(48)45-19-2-1-3-20-46-39(49)25-9-12-27(30(23-25)40(50)51)34-28-13-15-31(43)37(59(52,53)54)35(28)58-36-29(34)14-16-32(44)38(36)60(55,56)57/h7-16,23,43H,1-6,17-22,44H2,(H,45,48)(H,46,49)(H,50,51)(H,52,53,54)(H,55,56,57)/p-2. The average molecular weight is 903 g/mol. The number of halogens is 2. The minimum Gasteiger partial charge on any atom is -0.744 e. The summed E-state index contributed by atoms with van der Waals surface area (Å²) in [6, 6.07) is 16.1. The molecular formula is C40H41Cl2N5O11S2-2. The van der Waals surface area contributed by atoms with E-state index in [0.29, 0.717) is 63.5 Å². The molecule has 2 amide bonds. The van der Waals surface area contributed by atoms with Gasteiger partial charge in [-0.2, -0.15) is 0 Å². The van der Waals surface area contributed by atoms with Gasteiger partial charge in [0.05, 0.1) is 16.6 Å². The lowest BCUT2D eigenvalue weighted by atomic mass is 9.89. The van der Waals surface area contributed by atoms with Crippen LogP contribution < -0.4 is 26.6 Å². The van der Waals surface area contributed by atoms with Gasteiger partial charge in [0.1, 0.15) is 30.0 Å². The number of benzene rings is 4. The van der Waals surface area contributed by atoms with Crippen LogP contribution in [-0.4, -0.2) is 86.8 Å². The predicted molar refractivity (Wildman–Crippen MR) is 224 cm³/mol. The molecule has 6 N–H and O–H groups in total. The highest BCUT2D eigenvalue weighted by Gasteiger charge is 2.29. The van der Waals surface area contributed by atoms with Crippen LogP contribution in [0.1, 0.15) is 58.4 Å². The van der Waals surface area contributed by atoms with Crippen molar-refractivity contribution in [2.75, 3.05) is 48.6 Å². The summed E-state index contributed by atoms with van der Waals surface area (Å²) in [6.07, 6.45) is 3.69. The SMILES string of the molecule is N=c1ccc2c(-c3ccc(C(=O)NCCCCCNC(=O)CCCc4ccc(N(CCCl)CCCl)cc4)cc3C(=O)O)c3ccc(N)c(S(=O)(=O)[O-])c3oc-2c1S(=O)(=O)[O-]. The zero-order valence-electron chi connectivity index (χ0n) is 32.0. The highest BCUT2D eigenvalue weighted by atomic mass is 35.5. The maximum Gasteiger partial charge on any atom is 0.336 e. The molecule has 0 spiro atoms. The molecule has 20 heteroatoms. The Morgan fingerprint density at radius 2 is 1.43 bits per heavy atom. The van der Waals surface area contributed by atoms with E-state index in [2.05, 4.69) is 15.5 Å². The molecular weight excluding hydrogens is 862 g/mol. The lowest BCUT2D eigenvalue weighted by Crippen LogP contribution is -2.27. The van der Waals surface area contributed by atoms with Crippen molar-refractivity contribution in [3.8, 4) is 22.5 Å². The number of anilines is 2. The monoisotopic (exact) mass is 901 g/mol. The molecule has 0 saturated heterocycles. The van der Waals surface area contributed by atoms with Crippen molar-refractivity contribution >= 4 is 83.6 Å². The zero-order chi connectivity index (χ0) is 43.8. The number of nitrogens with one attached hydrogen (secondary N) is 3. The molecule has 0 unspecified atom stereocenters. The smallest absolute Gasteiger partial charge is 0.336 e. The Morgan fingerprint density at radius 3 is 2.05 bits per heavy atom. The number of alkyl halides is 2. The second-order valence-electron chi connectivity index (χ2n) is 13.7. The van der Waals surface area contributed by atoms with Gasteiger partial charge in [-0.05, 0) is 91.8 Å². The third-order valence-electron chi connectivity index (χ3n) is 9.62. The van der Waals surface area contributed by atoms with Crippen molar-refractivity contribution in [2.45, 2.75) is 48.3 Å². The van der Waals surface area contributed by atoms with Crippen LogP contribution in [0, 0.1) is 5.41 Å². The fourth-order valence-electron chi connectivity index (χ4n) is 6.81. The lowest BCUT2D eigenvalue weighted by molar-refractivity contribution is -0.121. The number of aryl methyl sites for hydroxylation is 1. The summed E-state index contributed by atoms with van der Waals surface area (Å²) >= 11 is 11.8. The predicted octanol–water partition coefficient (Wildman–Crippen LogP) is 5.10. The van der Waals surface area contributed by atoms with Crippen LogP contribution in [0.15, 0.2) is 80.9 Å². The van der Waals surface area contributed by atoms with E-state index in [9.17, 15) is 45.4 Å². The number of rotatable bonds is 20. The molecule has 0 saturated carbocycles. The van der Waals surface area contributed by atoms with E-state index in [0.717, 1.165) is 35.9 Å². The zero-order valence-corrected chi connectivity index (χ0v) is 35.1. The Labute approximate surface area is 356 Å². The molecule has 320 valence electrons. The van der Waals surface area contributed by atoms with E-state index in [-0.39, 0.29) is 40.1 Å². The number of aromatic carboxylic acids is 1. The molecule has 3 aromatic carbocycles. The molecule has 0 bridgehead atoms. The topological polar surface area (TPSA) is 276 Å².